The highest BCUT2D eigenvalue weighted by Crippen LogP contribution is 2.25. The number of amides is 2. The van der Waals surface area contributed by atoms with E-state index in [4.69, 9.17) is 9.47 Å². The Kier molecular flexibility index (Phi) is 6.48. The standard InChI is InChI=1S/C20H24N4O5/c1-28-15-7-14(8-16(9-15)29-2)22-18(25)11-24-12-21-10-17(20(24)27)19(26)23-13-5-3-4-6-13/h7-10,12-13H,3-6,11H2,1-2H3,(H,22,25)(H,23,26). The van der Waals surface area contributed by atoms with Crippen molar-refractivity contribution < 1.29 is 19.1 Å². The van der Waals surface area contributed by atoms with Crippen molar-refractivity contribution in [3.05, 3.63) is 46.6 Å². The van der Waals surface area contributed by atoms with Crippen LogP contribution >= 0.6 is 0 Å². The number of hydrogen-bond acceptors (Lipinski definition) is 6. The smallest absolute Gasteiger partial charge is 0.266 e. The lowest BCUT2D eigenvalue weighted by Gasteiger charge is -2.13. The molecule has 0 bridgehead atoms. The van der Waals surface area contributed by atoms with Crippen molar-refractivity contribution in [3.63, 3.8) is 0 Å². The first kappa shape index (κ1) is 20.4. The van der Waals surface area contributed by atoms with Crippen molar-refractivity contribution in [2.24, 2.45) is 0 Å². The molecule has 0 spiro atoms. The first-order valence-electron chi connectivity index (χ1n) is 9.38. The zero-order valence-corrected chi connectivity index (χ0v) is 16.4. The second-order valence-corrected chi connectivity index (χ2v) is 6.84. The number of nitrogens with zero attached hydrogens (tertiary/aromatic N) is 2. The van der Waals surface area contributed by atoms with Gasteiger partial charge in [0.15, 0.2) is 0 Å². The maximum atomic E-state index is 12.6. The third-order valence-electron chi connectivity index (χ3n) is 4.79. The molecule has 0 saturated heterocycles. The Morgan fingerprint density at radius 1 is 1.14 bits per heavy atom. The van der Waals surface area contributed by atoms with E-state index in [9.17, 15) is 14.4 Å². The number of aromatic nitrogens is 2. The van der Waals surface area contributed by atoms with E-state index >= 15 is 0 Å². The lowest BCUT2D eigenvalue weighted by molar-refractivity contribution is -0.116. The van der Waals surface area contributed by atoms with Gasteiger partial charge in [0.2, 0.25) is 5.91 Å². The van der Waals surface area contributed by atoms with Gasteiger partial charge in [0.1, 0.15) is 23.6 Å². The number of benzene rings is 1. The summed E-state index contributed by atoms with van der Waals surface area (Å²) in [5.74, 6) is 0.132. The van der Waals surface area contributed by atoms with Crippen molar-refractivity contribution in [2.75, 3.05) is 19.5 Å². The Labute approximate surface area is 168 Å². The number of hydrogen-bond donors (Lipinski definition) is 2. The first-order chi connectivity index (χ1) is 14.0. The van der Waals surface area contributed by atoms with Gasteiger partial charge in [0.05, 0.1) is 20.5 Å². The van der Waals surface area contributed by atoms with E-state index in [1.54, 1.807) is 18.2 Å². The summed E-state index contributed by atoms with van der Waals surface area (Å²) in [6.07, 6.45) is 6.42. The van der Waals surface area contributed by atoms with E-state index in [1.165, 1.54) is 26.7 Å². The van der Waals surface area contributed by atoms with Gasteiger partial charge in [-0.25, -0.2) is 4.98 Å². The molecule has 0 atom stereocenters. The zero-order valence-electron chi connectivity index (χ0n) is 16.4. The number of ether oxygens (including phenoxy) is 2. The number of carbonyl (C=O) groups excluding carboxylic acids is 2. The summed E-state index contributed by atoms with van der Waals surface area (Å²) in [6, 6.07) is 5.03. The molecule has 154 valence electrons. The van der Waals surface area contributed by atoms with E-state index in [0.29, 0.717) is 17.2 Å². The average molecular weight is 400 g/mol. The molecular weight excluding hydrogens is 376 g/mol. The molecule has 9 nitrogen and oxygen atoms in total. The molecule has 2 aromatic rings. The fourth-order valence-corrected chi connectivity index (χ4v) is 3.29. The second kappa shape index (κ2) is 9.22. The molecule has 1 aromatic carbocycles. The van der Waals surface area contributed by atoms with Crippen LogP contribution in [0.25, 0.3) is 0 Å². The summed E-state index contributed by atoms with van der Waals surface area (Å²) in [7, 11) is 3.02. The van der Waals surface area contributed by atoms with Crippen LogP contribution in [0.1, 0.15) is 36.0 Å². The van der Waals surface area contributed by atoms with Crippen LogP contribution in [0.5, 0.6) is 11.5 Å². The third kappa shape index (κ3) is 5.13. The van der Waals surface area contributed by atoms with Crippen LogP contribution in [-0.4, -0.2) is 41.6 Å². The minimum atomic E-state index is -0.561. The Bertz CT molecular complexity index is 928. The summed E-state index contributed by atoms with van der Waals surface area (Å²) in [5, 5.41) is 5.55. The molecule has 3 rings (SSSR count). The molecule has 0 unspecified atom stereocenters. The molecular formula is C20H24N4O5. The molecule has 29 heavy (non-hydrogen) atoms. The summed E-state index contributed by atoms with van der Waals surface area (Å²) < 4.78 is 11.5. The van der Waals surface area contributed by atoms with E-state index in [2.05, 4.69) is 15.6 Å². The molecule has 0 radical (unpaired) electrons. The third-order valence-corrected chi connectivity index (χ3v) is 4.79. The van der Waals surface area contributed by atoms with E-state index < -0.39 is 17.4 Å². The van der Waals surface area contributed by atoms with Crippen molar-refractivity contribution in [1.82, 2.24) is 14.9 Å². The van der Waals surface area contributed by atoms with Crippen LogP contribution in [0.3, 0.4) is 0 Å². The minimum absolute atomic E-state index is 0.0738. The molecule has 9 heteroatoms. The van der Waals surface area contributed by atoms with Gasteiger partial charge in [-0.15, -0.1) is 0 Å². The fourth-order valence-electron chi connectivity index (χ4n) is 3.29. The summed E-state index contributed by atoms with van der Waals surface area (Å²) in [5.41, 5.74) is -0.175. The molecule has 1 saturated carbocycles. The van der Waals surface area contributed by atoms with Gasteiger partial charge < -0.3 is 20.1 Å². The van der Waals surface area contributed by atoms with Crippen LogP contribution in [0.15, 0.2) is 35.5 Å². The highest BCUT2D eigenvalue weighted by atomic mass is 16.5. The maximum Gasteiger partial charge on any atom is 0.266 e. The van der Waals surface area contributed by atoms with E-state index in [0.717, 1.165) is 30.3 Å². The molecule has 1 aliphatic carbocycles. The molecule has 1 heterocycles. The zero-order chi connectivity index (χ0) is 20.8. The Morgan fingerprint density at radius 2 is 1.79 bits per heavy atom. The molecule has 1 fully saturated rings. The lowest BCUT2D eigenvalue weighted by Crippen LogP contribution is -2.38. The molecule has 0 aliphatic heterocycles. The monoisotopic (exact) mass is 400 g/mol. The largest absolute Gasteiger partial charge is 0.497 e. The fraction of sp³-hybridized carbons (Fsp3) is 0.400. The summed E-state index contributed by atoms with van der Waals surface area (Å²) >= 11 is 0. The number of methoxy groups -OCH3 is 2. The quantitative estimate of drug-likeness (QED) is 0.730. The molecule has 2 N–H and O–H groups in total. The van der Waals surface area contributed by atoms with Crippen LogP contribution in [0.2, 0.25) is 0 Å². The first-order valence-corrected chi connectivity index (χ1v) is 9.38. The van der Waals surface area contributed by atoms with Gasteiger partial charge in [-0.1, -0.05) is 12.8 Å². The maximum absolute atomic E-state index is 12.6. The van der Waals surface area contributed by atoms with Gasteiger partial charge in [-0.05, 0) is 12.8 Å². The Hall–Kier alpha value is -3.36. The van der Waals surface area contributed by atoms with Gasteiger partial charge in [-0.3, -0.25) is 19.0 Å². The summed E-state index contributed by atoms with van der Waals surface area (Å²) in [4.78, 5) is 41.4. The van der Waals surface area contributed by atoms with Crippen molar-refractivity contribution in [1.29, 1.82) is 0 Å². The lowest BCUT2D eigenvalue weighted by atomic mass is 10.2. The SMILES string of the molecule is COc1cc(NC(=O)Cn2cncc(C(=O)NC3CCCC3)c2=O)cc(OC)c1. The predicted octanol–water partition coefficient (Wildman–Crippen LogP) is 1.57. The number of nitrogens with one attached hydrogen (secondary N) is 2. The molecule has 2 amide bonds. The van der Waals surface area contributed by atoms with Crippen LogP contribution in [-0.2, 0) is 11.3 Å². The van der Waals surface area contributed by atoms with Crippen LogP contribution < -0.4 is 25.7 Å². The Morgan fingerprint density at radius 3 is 2.41 bits per heavy atom. The number of carbonyl (C=O) groups is 2. The van der Waals surface area contributed by atoms with Gasteiger partial charge in [0, 0.05) is 36.1 Å². The highest BCUT2D eigenvalue weighted by molar-refractivity contribution is 5.94. The van der Waals surface area contributed by atoms with Gasteiger partial charge >= 0.3 is 0 Å². The van der Waals surface area contributed by atoms with E-state index in [-0.39, 0.29) is 18.2 Å². The number of anilines is 1. The molecule has 1 aliphatic rings. The van der Waals surface area contributed by atoms with Crippen LogP contribution in [0, 0.1) is 0 Å². The Balaban J connectivity index is 1.70. The van der Waals surface area contributed by atoms with Crippen molar-refractivity contribution in [3.8, 4) is 11.5 Å². The van der Waals surface area contributed by atoms with Crippen molar-refractivity contribution in [2.45, 2.75) is 38.3 Å². The van der Waals surface area contributed by atoms with Gasteiger partial charge in [0.25, 0.3) is 11.5 Å². The minimum Gasteiger partial charge on any atom is -0.497 e. The normalized spacial score (nSPS) is 13.7. The van der Waals surface area contributed by atoms with Gasteiger partial charge in [-0.2, -0.15) is 0 Å². The second-order valence-electron chi connectivity index (χ2n) is 6.84. The molecule has 1 aromatic heterocycles. The van der Waals surface area contributed by atoms with Crippen LogP contribution in [0.4, 0.5) is 5.69 Å². The van der Waals surface area contributed by atoms with Crippen molar-refractivity contribution >= 4 is 17.5 Å². The highest BCUT2D eigenvalue weighted by Gasteiger charge is 2.21. The predicted molar refractivity (Wildman–Crippen MR) is 106 cm³/mol. The number of rotatable bonds is 7. The topological polar surface area (TPSA) is 112 Å². The van der Waals surface area contributed by atoms with E-state index in [1.807, 2.05) is 0 Å². The average Bonchev–Trinajstić information content (AvgIpc) is 3.22. The summed E-state index contributed by atoms with van der Waals surface area (Å²) in [6.45, 7) is -0.282.